The van der Waals surface area contributed by atoms with E-state index in [1.54, 1.807) is 12.1 Å². The van der Waals surface area contributed by atoms with Crippen LogP contribution in [0.5, 0.6) is 0 Å². The van der Waals surface area contributed by atoms with E-state index in [0.29, 0.717) is 30.3 Å². The molecule has 2 unspecified atom stereocenters. The number of rotatable bonds is 5. The zero-order chi connectivity index (χ0) is 20.3. The maximum Gasteiger partial charge on any atom is 0.262 e. The van der Waals surface area contributed by atoms with E-state index < -0.39 is 23.8 Å². The van der Waals surface area contributed by atoms with Crippen LogP contribution in [0, 0.1) is 11.3 Å². The van der Waals surface area contributed by atoms with Crippen molar-refractivity contribution in [1.29, 1.82) is 0 Å². The highest BCUT2D eigenvalue weighted by Gasteiger charge is 2.56. The number of piperidine rings is 1. The average molecular weight is 396 g/mol. The number of imide groups is 2. The standard InChI is InChI=1S/C21H24N4O4/c22-10-21-7-11(8-21)6-15(21)23-9-12-2-1-3-13-17(12)20(29)25(19(13)28)14-4-5-16(26)24-18(14)27/h1-3,11,14-15,23H,4-10,22H2,(H,24,26,27). The molecule has 4 amide bonds. The van der Waals surface area contributed by atoms with Gasteiger partial charge in [0.25, 0.3) is 11.8 Å². The lowest BCUT2D eigenvalue weighted by molar-refractivity contribution is -0.136. The van der Waals surface area contributed by atoms with E-state index >= 15 is 0 Å². The quantitative estimate of drug-likeness (QED) is 0.616. The number of fused-ring (bicyclic) bond motifs is 2. The summed E-state index contributed by atoms with van der Waals surface area (Å²) >= 11 is 0. The molecule has 8 nitrogen and oxygen atoms in total. The molecule has 2 heterocycles. The number of carbonyl (C=O) groups is 4. The van der Waals surface area contributed by atoms with E-state index in [1.807, 2.05) is 6.07 Å². The fourth-order valence-electron chi connectivity index (χ4n) is 5.70. The van der Waals surface area contributed by atoms with Crippen molar-refractivity contribution in [2.45, 2.75) is 50.7 Å². The molecular weight excluding hydrogens is 372 g/mol. The Morgan fingerprint density at radius 2 is 1.97 bits per heavy atom. The SMILES string of the molecule is NCC12CC(CC1NCc1cccc3c1C(=O)N(C1CCC(=O)NC1=O)C3=O)C2. The molecule has 152 valence electrons. The third-order valence-corrected chi connectivity index (χ3v) is 7.20. The molecule has 1 saturated heterocycles. The van der Waals surface area contributed by atoms with Gasteiger partial charge in [0.15, 0.2) is 0 Å². The highest BCUT2D eigenvalue weighted by Crippen LogP contribution is 2.58. The fraction of sp³-hybridized carbons (Fsp3) is 0.524. The summed E-state index contributed by atoms with van der Waals surface area (Å²) in [5.74, 6) is -1.16. The molecular formula is C21H24N4O4. The molecule has 0 spiro atoms. The number of nitrogens with zero attached hydrogens (tertiary/aromatic N) is 1. The molecule has 29 heavy (non-hydrogen) atoms. The topological polar surface area (TPSA) is 122 Å². The summed E-state index contributed by atoms with van der Waals surface area (Å²) in [5, 5.41) is 5.79. The maximum atomic E-state index is 13.1. The van der Waals surface area contributed by atoms with Gasteiger partial charge >= 0.3 is 0 Å². The minimum atomic E-state index is -0.941. The van der Waals surface area contributed by atoms with Crippen LogP contribution >= 0.6 is 0 Å². The molecule has 5 aliphatic rings. The summed E-state index contributed by atoms with van der Waals surface area (Å²) in [7, 11) is 0. The van der Waals surface area contributed by atoms with Crippen LogP contribution in [0.15, 0.2) is 18.2 Å². The number of nitrogens with one attached hydrogen (secondary N) is 2. The highest BCUT2D eigenvalue weighted by atomic mass is 16.2. The van der Waals surface area contributed by atoms with Crippen molar-refractivity contribution < 1.29 is 19.2 Å². The third-order valence-electron chi connectivity index (χ3n) is 7.20. The molecule has 4 N–H and O–H groups in total. The molecule has 3 saturated carbocycles. The predicted molar refractivity (Wildman–Crippen MR) is 103 cm³/mol. The van der Waals surface area contributed by atoms with E-state index in [-0.39, 0.29) is 24.2 Å². The summed E-state index contributed by atoms with van der Waals surface area (Å²) < 4.78 is 0. The third kappa shape index (κ3) is 2.66. The smallest absolute Gasteiger partial charge is 0.262 e. The normalized spacial score (nSPS) is 33.0. The van der Waals surface area contributed by atoms with E-state index in [2.05, 4.69) is 10.6 Å². The van der Waals surface area contributed by atoms with Gasteiger partial charge < -0.3 is 11.1 Å². The molecule has 2 aliphatic heterocycles. The van der Waals surface area contributed by atoms with Gasteiger partial charge in [0.1, 0.15) is 6.04 Å². The number of amides is 4. The van der Waals surface area contributed by atoms with Crippen molar-refractivity contribution in [3.63, 3.8) is 0 Å². The van der Waals surface area contributed by atoms with Crippen LogP contribution in [0.1, 0.15) is 58.4 Å². The minimum absolute atomic E-state index is 0.113. The zero-order valence-electron chi connectivity index (χ0n) is 16.1. The predicted octanol–water partition coefficient (Wildman–Crippen LogP) is 0.305. The van der Waals surface area contributed by atoms with Gasteiger partial charge in [-0.2, -0.15) is 0 Å². The second-order valence-corrected chi connectivity index (χ2v) is 8.80. The van der Waals surface area contributed by atoms with Crippen molar-refractivity contribution in [3.8, 4) is 0 Å². The first-order valence-corrected chi connectivity index (χ1v) is 10.2. The van der Waals surface area contributed by atoms with Gasteiger partial charge in [-0.3, -0.25) is 29.4 Å². The van der Waals surface area contributed by atoms with Gasteiger partial charge in [0.2, 0.25) is 11.8 Å². The summed E-state index contributed by atoms with van der Waals surface area (Å²) in [4.78, 5) is 50.7. The van der Waals surface area contributed by atoms with Crippen molar-refractivity contribution in [2.24, 2.45) is 17.1 Å². The molecule has 4 fully saturated rings. The highest BCUT2D eigenvalue weighted by molar-refractivity contribution is 6.24. The lowest BCUT2D eigenvalue weighted by Gasteiger charge is -2.40. The van der Waals surface area contributed by atoms with E-state index in [9.17, 15) is 19.2 Å². The van der Waals surface area contributed by atoms with Crippen LogP contribution in [-0.2, 0) is 16.1 Å². The second-order valence-electron chi connectivity index (χ2n) is 8.80. The largest absolute Gasteiger partial charge is 0.330 e. The lowest BCUT2D eigenvalue weighted by atomic mass is 9.68. The van der Waals surface area contributed by atoms with Crippen LogP contribution < -0.4 is 16.4 Å². The van der Waals surface area contributed by atoms with Crippen molar-refractivity contribution in [2.75, 3.05) is 6.54 Å². The van der Waals surface area contributed by atoms with Gasteiger partial charge in [0, 0.05) is 19.0 Å². The Morgan fingerprint density at radius 1 is 1.17 bits per heavy atom. The number of nitrogens with two attached hydrogens (primary N) is 1. The first-order chi connectivity index (χ1) is 13.9. The second kappa shape index (κ2) is 6.47. The Morgan fingerprint density at radius 3 is 2.69 bits per heavy atom. The van der Waals surface area contributed by atoms with E-state index in [0.717, 1.165) is 35.6 Å². The Kier molecular flexibility index (Phi) is 4.11. The molecule has 0 radical (unpaired) electrons. The summed E-state index contributed by atoms with van der Waals surface area (Å²) in [6, 6.07) is 4.62. The first kappa shape index (κ1) is 18.4. The molecule has 8 heteroatoms. The average Bonchev–Trinajstić information content (AvgIpc) is 3.29. The Labute approximate surface area is 168 Å². The number of hydrogen-bond acceptors (Lipinski definition) is 6. The van der Waals surface area contributed by atoms with Crippen LogP contribution in [0.4, 0.5) is 0 Å². The van der Waals surface area contributed by atoms with Crippen molar-refractivity contribution >= 4 is 23.6 Å². The molecule has 3 aliphatic carbocycles. The molecule has 6 rings (SSSR count). The van der Waals surface area contributed by atoms with Crippen molar-refractivity contribution in [3.05, 3.63) is 34.9 Å². The molecule has 2 atom stereocenters. The maximum absolute atomic E-state index is 13.1. The van der Waals surface area contributed by atoms with Crippen molar-refractivity contribution in [1.82, 2.24) is 15.5 Å². The van der Waals surface area contributed by atoms with Gasteiger partial charge in [-0.25, -0.2) is 0 Å². The molecule has 1 aromatic rings. The Hall–Kier alpha value is -2.58. The Bertz CT molecular complexity index is 937. The van der Waals surface area contributed by atoms with Gasteiger partial charge in [0.05, 0.1) is 11.1 Å². The minimum Gasteiger partial charge on any atom is -0.330 e. The van der Waals surface area contributed by atoms with Crippen LogP contribution in [0.25, 0.3) is 0 Å². The summed E-state index contributed by atoms with van der Waals surface area (Å²) in [6.45, 7) is 1.14. The molecule has 0 aromatic heterocycles. The fourth-order valence-corrected chi connectivity index (χ4v) is 5.70. The zero-order valence-corrected chi connectivity index (χ0v) is 16.1. The summed E-state index contributed by atoms with van der Waals surface area (Å²) in [6.07, 6.45) is 3.69. The number of hydrogen-bond donors (Lipinski definition) is 3. The molecule has 2 bridgehead atoms. The monoisotopic (exact) mass is 396 g/mol. The van der Waals surface area contributed by atoms with E-state index in [4.69, 9.17) is 5.73 Å². The van der Waals surface area contributed by atoms with E-state index in [1.165, 1.54) is 0 Å². The van der Waals surface area contributed by atoms with Crippen LogP contribution in [0.3, 0.4) is 0 Å². The van der Waals surface area contributed by atoms with Gasteiger partial charge in [-0.05, 0) is 55.2 Å². The first-order valence-electron chi connectivity index (χ1n) is 10.2. The van der Waals surface area contributed by atoms with Gasteiger partial charge in [-0.15, -0.1) is 0 Å². The van der Waals surface area contributed by atoms with Gasteiger partial charge in [-0.1, -0.05) is 12.1 Å². The molecule has 1 aromatic carbocycles. The lowest BCUT2D eigenvalue weighted by Crippen LogP contribution is -2.54. The Balaban J connectivity index is 1.38. The van der Waals surface area contributed by atoms with Crippen LogP contribution in [-0.4, -0.2) is 47.2 Å². The summed E-state index contributed by atoms with van der Waals surface area (Å²) in [5.41, 5.74) is 7.62. The van der Waals surface area contributed by atoms with Crippen LogP contribution in [0.2, 0.25) is 0 Å². The number of benzene rings is 1. The number of carbonyl (C=O) groups excluding carboxylic acids is 4.